The minimum atomic E-state index is -4.76. The molecule has 5 nitrogen and oxygen atoms in total. The highest BCUT2D eigenvalue weighted by molar-refractivity contribution is 7.46. The molecule has 0 amide bonds. The third kappa shape index (κ3) is 6.90. The van der Waals surface area contributed by atoms with Crippen molar-refractivity contribution in [2.75, 3.05) is 0 Å². The Hall–Kier alpha value is -1.81. The van der Waals surface area contributed by atoms with Gasteiger partial charge in [0.1, 0.15) is 11.5 Å². The molecule has 35 heavy (non-hydrogen) atoms. The summed E-state index contributed by atoms with van der Waals surface area (Å²) in [7, 11) is -4.76. The maximum Gasteiger partial charge on any atom is 0.524 e. The normalized spacial score (nSPS) is 13.8. The predicted molar refractivity (Wildman–Crippen MR) is 145 cm³/mol. The number of phosphoric ester groups is 1. The minimum Gasteiger partial charge on any atom is -0.508 e. The fourth-order valence-corrected chi connectivity index (χ4v) is 5.48. The van der Waals surface area contributed by atoms with Gasteiger partial charge in [-0.2, -0.15) is 0 Å². The van der Waals surface area contributed by atoms with E-state index in [2.05, 4.69) is 62.3 Å². The SMILES string of the molecule is CC(C)(C)c1ccc(O)c(C(C)(C)C)c1Cc1c(C(C)(C)C)ccc(OP(=O)(O)O)c1C(C)(C)C. The molecule has 0 aliphatic carbocycles. The molecule has 0 radical (unpaired) electrons. The van der Waals surface area contributed by atoms with Crippen LogP contribution in [0.2, 0.25) is 0 Å². The molecule has 0 atom stereocenters. The highest BCUT2D eigenvalue weighted by atomic mass is 31.2. The summed E-state index contributed by atoms with van der Waals surface area (Å²) in [5.74, 6) is 0.460. The van der Waals surface area contributed by atoms with Gasteiger partial charge in [0.15, 0.2) is 0 Å². The zero-order chi connectivity index (χ0) is 27.4. The van der Waals surface area contributed by atoms with Crippen LogP contribution in [-0.4, -0.2) is 14.9 Å². The molecule has 0 fully saturated rings. The van der Waals surface area contributed by atoms with Crippen LogP contribution < -0.4 is 4.52 Å². The van der Waals surface area contributed by atoms with Crippen LogP contribution in [0.15, 0.2) is 24.3 Å². The Kier molecular flexibility index (Phi) is 7.77. The molecule has 2 rings (SSSR count). The zero-order valence-electron chi connectivity index (χ0n) is 23.6. The molecule has 0 bridgehead atoms. The van der Waals surface area contributed by atoms with E-state index >= 15 is 0 Å². The van der Waals surface area contributed by atoms with E-state index < -0.39 is 13.2 Å². The van der Waals surface area contributed by atoms with Crippen molar-refractivity contribution in [3.05, 3.63) is 57.6 Å². The highest BCUT2D eigenvalue weighted by Gasteiger charge is 2.34. The Morgan fingerprint density at radius 3 is 1.43 bits per heavy atom. The standard InChI is InChI=1S/C29H45O5P/c1-26(2,3)20-13-15-22(30)24(28(7,8)9)18(20)17-19-21(27(4,5)6)14-16-23(34-35(31,32)33)25(19)29(10,11)12/h13-16,30H,17H2,1-12H3,(H2,31,32,33). The first kappa shape index (κ1) is 29.4. The smallest absolute Gasteiger partial charge is 0.508 e. The van der Waals surface area contributed by atoms with Crippen molar-refractivity contribution in [1.82, 2.24) is 0 Å². The number of aromatic hydroxyl groups is 1. The van der Waals surface area contributed by atoms with Crippen LogP contribution in [-0.2, 0) is 32.6 Å². The number of phenols is 1. The van der Waals surface area contributed by atoms with Crippen molar-refractivity contribution in [1.29, 1.82) is 0 Å². The number of phosphoric acid groups is 1. The van der Waals surface area contributed by atoms with Crippen LogP contribution in [0, 0.1) is 0 Å². The Bertz CT molecular complexity index is 1130. The molecule has 0 heterocycles. The van der Waals surface area contributed by atoms with Crippen molar-refractivity contribution < 1.29 is 24.0 Å². The van der Waals surface area contributed by atoms with Crippen LogP contribution in [0.5, 0.6) is 11.5 Å². The summed E-state index contributed by atoms with van der Waals surface area (Å²) >= 11 is 0. The second-order valence-electron chi connectivity index (χ2n) is 13.7. The topological polar surface area (TPSA) is 87.0 Å². The van der Waals surface area contributed by atoms with E-state index in [9.17, 15) is 19.5 Å². The average Bonchev–Trinajstić information content (AvgIpc) is 2.55. The average molecular weight is 505 g/mol. The van der Waals surface area contributed by atoms with Gasteiger partial charge in [-0.05, 0) is 62.5 Å². The maximum absolute atomic E-state index is 11.9. The van der Waals surface area contributed by atoms with Crippen molar-refractivity contribution in [3.8, 4) is 11.5 Å². The summed E-state index contributed by atoms with van der Waals surface area (Å²) in [4.78, 5) is 19.3. The van der Waals surface area contributed by atoms with E-state index in [-0.39, 0.29) is 27.7 Å². The zero-order valence-corrected chi connectivity index (χ0v) is 24.5. The molecular weight excluding hydrogens is 459 g/mol. The predicted octanol–water partition coefficient (Wildman–Crippen LogP) is 7.64. The monoisotopic (exact) mass is 504 g/mol. The molecule has 6 heteroatoms. The van der Waals surface area contributed by atoms with E-state index in [1.807, 2.05) is 32.9 Å². The van der Waals surface area contributed by atoms with Crippen molar-refractivity contribution >= 4 is 7.82 Å². The van der Waals surface area contributed by atoms with Crippen LogP contribution in [0.1, 0.15) is 116 Å². The van der Waals surface area contributed by atoms with E-state index in [0.29, 0.717) is 6.42 Å². The molecule has 3 N–H and O–H groups in total. The number of benzene rings is 2. The highest BCUT2D eigenvalue weighted by Crippen LogP contribution is 2.48. The van der Waals surface area contributed by atoms with Gasteiger partial charge in [-0.3, -0.25) is 9.79 Å². The molecule has 0 spiro atoms. The molecule has 0 aliphatic heterocycles. The Morgan fingerprint density at radius 1 is 0.657 bits per heavy atom. The van der Waals surface area contributed by atoms with Gasteiger partial charge in [0.05, 0.1) is 0 Å². The Balaban J connectivity index is 3.08. The van der Waals surface area contributed by atoms with Gasteiger partial charge in [-0.1, -0.05) is 95.2 Å². The third-order valence-electron chi connectivity index (χ3n) is 6.25. The minimum absolute atomic E-state index is 0.174. The lowest BCUT2D eigenvalue weighted by Crippen LogP contribution is -2.25. The number of hydrogen-bond acceptors (Lipinski definition) is 3. The van der Waals surface area contributed by atoms with E-state index in [1.165, 1.54) is 0 Å². The first-order valence-electron chi connectivity index (χ1n) is 12.2. The number of hydrogen-bond donors (Lipinski definition) is 3. The second-order valence-corrected chi connectivity index (χ2v) is 14.9. The van der Waals surface area contributed by atoms with E-state index in [4.69, 9.17) is 4.52 Å². The Labute approximate surface area is 212 Å². The summed E-state index contributed by atoms with van der Waals surface area (Å²) in [6.07, 6.45) is 0.505. The molecule has 0 saturated carbocycles. The lowest BCUT2D eigenvalue weighted by molar-refractivity contribution is 0.280. The molecule has 2 aromatic carbocycles. The molecule has 0 aliphatic rings. The molecule has 0 aromatic heterocycles. The van der Waals surface area contributed by atoms with Gasteiger partial charge in [-0.25, -0.2) is 4.57 Å². The summed E-state index contributed by atoms with van der Waals surface area (Å²) < 4.78 is 17.1. The second kappa shape index (κ2) is 9.25. The fraction of sp³-hybridized carbons (Fsp3) is 0.586. The van der Waals surface area contributed by atoms with Gasteiger partial charge in [0.25, 0.3) is 0 Å². The first-order chi connectivity index (χ1) is 15.4. The summed E-state index contributed by atoms with van der Waals surface area (Å²) in [6, 6.07) is 7.39. The van der Waals surface area contributed by atoms with Crippen LogP contribution in [0.3, 0.4) is 0 Å². The van der Waals surface area contributed by atoms with Gasteiger partial charge >= 0.3 is 7.82 Å². The van der Waals surface area contributed by atoms with Crippen molar-refractivity contribution in [2.45, 2.75) is 111 Å². The summed E-state index contributed by atoms with van der Waals surface area (Å²) in [5.41, 5.74) is 4.76. The summed E-state index contributed by atoms with van der Waals surface area (Å²) in [6.45, 7) is 25.3. The van der Waals surface area contributed by atoms with Gasteiger partial charge in [-0.15, -0.1) is 0 Å². The maximum atomic E-state index is 11.9. The quantitative estimate of drug-likeness (QED) is 0.372. The lowest BCUT2D eigenvalue weighted by Gasteiger charge is -2.35. The number of rotatable bonds is 4. The number of phenolic OH excluding ortho intramolecular Hbond substituents is 1. The van der Waals surface area contributed by atoms with Gasteiger partial charge < -0.3 is 9.63 Å². The van der Waals surface area contributed by atoms with Crippen molar-refractivity contribution in [2.24, 2.45) is 0 Å². The molecular formula is C29H45O5P. The van der Waals surface area contributed by atoms with Gasteiger partial charge in [0, 0.05) is 11.1 Å². The van der Waals surface area contributed by atoms with Crippen LogP contribution in [0.25, 0.3) is 0 Å². The first-order valence-corrected chi connectivity index (χ1v) is 13.8. The van der Waals surface area contributed by atoms with Crippen LogP contribution >= 0.6 is 7.82 Å². The van der Waals surface area contributed by atoms with Crippen molar-refractivity contribution in [3.63, 3.8) is 0 Å². The van der Waals surface area contributed by atoms with E-state index in [1.54, 1.807) is 12.1 Å². The molecule has 2 aromatic rings. The Morgan fingerprint density at radius 2 is 1.06 bits per heavy atom. The van der Waals surface area contributed by atoms with E-state index in [0.717, 1.165) is 33.4 Å². The van der Waals surface area contributed by atoms with Crippen LogP contribution in [0.4, 0.5) is 0 Å². The molecule has 0 saturated heterocycles. The van der Waals surface area contributed by atoms with Gasteiger partial charge in [0.2, 0.25) is 0 Å². The third-order valence-corrected chi connectivity index (χ3v) is 6.69. The largest absolute Gasteiger partial charge is 0.524 e. The summed E-state index contributed by atoms with van der Waals surface area (Å²) in [5, 5.41) is 11.0. The molecule has 196 valence electrons. The lowest BCUT2D eigenvalue weighted by atomic mass is 9.70. The molecule has 0 unspecified atom stereocenters. The fourth-order valence-electron chi connectivity index (χ4n) is 5.07.